The first-order chi connectivity index (χ1) is 40.3. The molecule has 0 aliphatic rings. The van der Waals surface area contributed by atoms with Gasteiger partial charge in [-0.25, -0.2) is 0 Å². The van der Waals surface area contributed by atoms with Gasteiger partial charge in [0, 0.05) is 12.1 Å². The van der Waals surface area contributed by atoms with Crippen LogP contribution in [0, 0.1) is 0 Å². The second kappa shape index (κ2) is 76.4. The predicted molar refractivity (Wildman–Crippen MR) is 367 cm³/mol. The molecule has 0 heterocycles. The van der Waals surface area contributed by atoms with Crippen LogP contribution in [-0.2, 0) is 9.59 Å². The van der Waals surface area contributed by atoms with Gasteiger partial charge in [0.25, 0.3) is 0 Å². The SMILES string of the molecule is CCCCCCCCCCCCCCCCN(CCCCCCCCCCCCCCCC)C(CCCC)C(=O)[O-].CCCCCCCCCCCCCCCCN(CCCCCCCCCCCCCCCC)C(CCCC)C(=O)[O-].[Ca+2]. The monoisotopic (exact) mass is 1200 g/mol. The first kappa shape index (κ1) is 87.3. The second-order valence-electron chi connectivity index (χ2n) is 26.4. The Morgan fingerprint density at radius 2 is 0.337 bits per heavy atom. The maximum atomic E-state index is 12.0. The molecule has 0 aromatic carbocycles. The van der Waals surface area contributed by atoms with Crippen molar-refractivity contribution in [2.24, 2.45) is 0 Å². The van der Waals surface area contributed by atoms with Crippen LogP contribution in [0.5, 0.6) is 0 Å². The van der Waals surface area contributed by atoms with Gasteiger partial charge in [-0.1, -0.05) is 401 Å². The molecule has 0 saturated carbocycles. The molecular formula is C76H152CaN2O4. The maximum Gasteiger partial charge on any atom is 2.00 e. The zero-order valence-corrected chi connectivity index (χ0v) is 60.3. The normalized spacial score (nSPS) is 12.2. The van der Waals surface area contributed by atoms with Crippen LogP contribution in [0.4, 0.5) is 0 Å². The summed E-state index contributed by atoms with van der Waals surface area (Å²) in [5, 5.41) is 24.0. The first-order valence-electron chi connectivity index (χ1n) is 38.2. The Balaban J connectivity index is -0.00000152. The summed E-state index contributed by atoms with van der Waals surface area (Å²) >= 11 is 0. The van der Waals surface area contributed by atoms with Crippen molar-refractivity contribution in [3.63, 3.8) is 0 Å². The van der Waals surface area contributed by atoms with Crippen LogP contribution in [0.1, 0.15) is 440 Å². The molecule has 7 heteroatoms. The Morgan fingerprint density at radius 1 is 0.217 bits per heavy atom. The van der Waals surface area contributed by atoms with Crippen molar-refractivity contribution in [3.05, 3.63) is 0 Å². The van der Waals surface area contributed by atoms with Crippen LogP contribution in [0.2, 0.25) is 0 Å². The van der Waals surface area contributed by atoms with Crippen LogP contribution in [0.15, 0.2) is 0 Å². The van der Waals surface area contributed by atoms with E-state index in [1.165, 1.54) is 334 Å². The Bertz CT molecular complexity index is 1050. The topological polar surface area (TPSA) is 86.7 Å². The van der Waals surface area contributed by atoms with Gasteiger partial charge in [-0.3, -0.25) is 9.80 Å². The fourth-order valence-electron chi connectivity index (χ4n) is 12.6. The molecule has 492 valence electrons. The van der Waals surface area contributed by atoms with Gasteiger partial charge in [0.2, 0.25) is 0 Å². The summed E-state index contributed by atoms with van der Waals surface area (Å²) in [6.07, 6.45) is 81.8. The van der Waals surface area contributed by atoms with E-state index in [9.17, 15) is 19.8 Å². The number of unbranched alkanes of at least 4 members (excludes halogenated alkanes) is 54. The number of aliphatic carboxylic acids is 2. The summed E-state index contributed by atoms with van der Waals surface area (Å²) in [7, 11) is 0. The molecule has 0 aliphatic carbocycles. The molecule has 0 bridgehead atoms. The molecule has 0 aromatic rings. The molecule has 2 unspecified atom stereocenters. The van der Waals surface area contributed by atoms with Crippen molar-refractivity contribution in [1.82, 2.24) is 9.80 Å². The Morgan fingerprint density at radius 3 is 0.458 bits per heavy atom. The quantitative estimate of drug-likeness (QED) is 0.0445. The van der Waals surface area contributed by atoms with Gasteiger partial charge in [0.1, 0.15) is 0 Å². The number of rotatable bonds is 70. The van der Waals surface area contributed by atoms with E-state index in [0.29, 0.717) is 0 Å². The van der Waals surface area contributed by atoms with Crippen molar-refractivity contribution in [3.8, 4) is 0 Å². The van der Waals surface area contributed by atoms with Crippen LogP contribution in [0.25, 0.3) is 0 Å². The minimum atomic E-state index is -0.853. The van der Waals surface area contributed by atoms with Crippen molar-refractivity contribution in [1.29, 1.82) is 0 Å². The molecule has 0 rings (SSSR count). The molecule has 0 fully saturated rings. The average Bonchev–Trinajstić information content (AvgIpc) is 3.47. The standard InChI is InChI=1S/2C38H77NO2.Ca/c2*1-4-7-10-12-14-16-18-20-22-24-26-28-30-32-35-39(37(38(40)41)34-9-6-3)36-33-31-29-27-25-23-21-19-17-15-13-11-8-5-2;/h2*37H,4-36H2,1-3H3,(H,40,41);/q;;+2/p-2. The van der Waals surface area contributed by atoms with Crippen molar-refractivity contribution < 1.29 is 19.8 Å². The van der Waals surface area contributed by atoms with E-state index in [2.05, 4.69) is 51.3 Å². The first-order valence-corrected chi connectivity index (χ1v) is 38.2. The third-order valence-corrected chi connectivity index (χ3v) is 18.3. The Hall–Kier alpha value is 0.120. The molecule has 0 radical (unpaired) electrons. The van der Waals surface area contributed by atoms with Gasteiger partial charge in [0.05, 0.1) is 11.9 Å². The third kappa shape index (κ3) is 67.9. The summed E-state index contributed by atoms with van der Waals surface area (Å²) in [5.74, 6) is -1.71. The molecule has 0 aliphatic heterocycles. The van der Waals surface area contributed by atoms with Gasteiger partial charge in [0.15, 0.2) is 0 Å². The summed E-state index contributed by atoms with van der Waals surface area (Å²) in [5.41, 5.74) is 0. The van der Waals surface area contributed by atoms with Gasteiger partial charge in [-0.2, -0.15) is 0 Å². The molecule has 2 atom stereocenters. The largest absolute Gasteiger partial charge is 2.00 e. The van der Waals surface area contributed by atoms with E-state index in [0.717, 1.165) is 90.4 Å². The van der Waals surface area contributed by atoms with Crippen molar-refractivity contribution >= 4 is 49.7 Å². The number of hydrogen-bond donors (Lipinski definition) is 0. The average molecular weight is 1200 g/mol. The van der Waals surface area contributed by atoms with E-state index < -0.39 is 11.9 Å². The summed E-state index contributed by atoms with van der Waals surface area (Å²) in [6.45, 7) is 17.2. The zero-order chi connectivity index (χ0) is 60.1. The van der Waals surface area contributed by atoms with E-state index in [4.69, 9.17) is 0 Å². The summed E-state index contributed by atoms with van der Waals surface area (Å²) < 4.78 is 0. The molecule has 0 aromatic heterocycles. The Kier molecular flexibility index (Phi) is 80.3. The zero-order valence-electron chi connectivity index (χ0n) is 58.1. The van der Waals surface area contributed by atoms with E-state index in [1.807, 2.05) is 0 Å². The van der Waals surface area contributed by atoms with Gasteiger partial charge in [-0.15, -0.1) is 0 Å². The van der Waals surface area contributed by atoms with E-state index in [1.54, 1.807) is 0 Å². The molecule has 0 spiro atoms. The summed E-state index contributed by atoms with van der Waals surface area (Å²) in [4.78, 5) is 28.5. The summed E-state index contributed by atoms with van der Waals surface area (Å²) in [6, 6.07) is -0.780. The van der Waals surface area contributed by atoms with E-state index >= 15 is 0 Å². The molecular weight excluding hydrogens is 1040 g/mol. The molecule has 0 N–H and O–H groups in total. The number of carboxylic acids is 2. The molecule has 0 amide bonds. The smallest absolute Gasteiger partial charge is 0.548 e. The van der Waals surface area contributed by atoms with Crippen LogP contribution < -0.4 is 10.2 Å². The molecule has 6 nitrogen and oxygen atoms in total. The number of carbonyl (C=O) groups is 2. The number of carboxylic acid groups (broad SMARTS) is 2. The fraction of sp³-hybridized carbons (Fsp3) is 0.974. The minimum absolute atomic E-state index is 0. The predicted octanol–water partition coefficient (Wildman–Crippen LogP) is 22.7. The van der Waals surface area contributed by atoms with Crippen molar-refractivity contribution in [2.45, 2.75) is 452 Å². The number of carbonyl (C=O) groups excluding carboxylic acids is 2. The second-order valence-corrected chi connectivity index (χ2v) is 26.4. The van der Waals surface area contributed by atoms with E-state index in [-0.39, 0.29) is 49.8 Å². The van der Waals surface area contributed by atoms with Crippen LogP contribution in [0.3, 0.4) is 0 Å². The van der Waals surface area contributed by atoms with Crippen LogP contribution in [-0.4, -0.2) is 97.7 Å². The fourth-order valence-corrected chi connectivity index (χ4v) is 12.6. The van der Waals surface area contributed by atoms with Gasteiger partial charge < -0.3 is 19.8 Å². The molecule has 0 saturated heterocycles. The van der Waals surface area contributed by atoms with Crippen molar-refractivity contribution in [2.75, 3.05) is 26.2 Å². The number of hydrogen-bond acceptors (Lipinski definition) is 6. The maximum absolute atomic E-state index is 12.0. The van der Waals surface area contributed by atoms with Gasteiger partial charge in [-0.05, 0) is 64.7 Å². The molecule has 83 heavy (non-hydrogen) atoms. The Labute approximate surface area is 553 Å². The van der Waals surface area contributed by atoms with Crippen LogP contribution >= 0.6 is 0 Å². The minimum Gasteiger partial charge on any atom is -0.548 e. The number of nitrogens with zero attached hydrogens (tertiary/aromatic N) is 2. The van der Waals surface area contributed by atoms with Gasteiger partial charge >= 0.3 is 37.7 Å². The third-order valence-electron chi connectivity index (χ3n) is 18.3.